The lowest BCUT2D eigenvalue weighted by atomic mass is 10.0. The molecular formula is C13H27O4S. The molecular weight excluding hydrogens is 252 g/mol. The van der Waals surface area contributed by atoms with Gasteiger partial charge in [-0.1, -0.05) is 58.8 Å². The number of hydrogen-bond donors (Lipinski definition) is 1. The van der Waals surface area contributed by atoms with Crippen molar-refractivity contribution in [3.05, 3.63) is 5.92 Å². The van der Waals surface area contributed by atoms with E-state index in [1.807, 2.05) is 0 Å². The predicted octanol–water partition coefficient (Wildman–Crippen LogP) is 3.93. The highest BCUT2D eigenvalue weighted by molar-refractivity contribution is 7.80. The van der Waals surface area contributed by atoms with Gasteiger partial charge < -0.3 is 0 Å². The molecule has 0 fully saturated rings. The molecule has 0 saturated heterocycles. The molecule has 1 radical (unpaired) electrons. The fraction of sp³-hybridized carbons (Fsp3) is 0.923. The Morgan fingerprint density at radius 1 is 0.889 bits per heavy atom. The van der Waals surface area contributed by atoms with Crippen molar-refractivity contribution >= 4 is 10.4 Å². The van der Waals surface area contributed by atoms with E-state index in [0.29, 0.717) is 6.42 Å². The summed E-state index contributed by atoms with van der Waals surface area (Å²) in [5, 5.41) is 0. The van der Waals surface area contributed by atoms with Crippen molar-refractivity contribution in [1.82, 2.24) is 0 Å². The van der Waals surface area contributed by atoms with Gasteiger partial charge in [-0.25, -0.2) is 4.18 Å². The Bertz CT molecular complexity index is 273. The molecule has 0 aromatic carbocycles. The van der Waals surface area contributed by atoms with Crippen molar-refractivity contribution in [2.45, 2.75) is 71.6 Å². The summed E-state index contributed by atoms with van der Waals surface area (Å²) in [6, 6.07) is 0. The van der Waals surface area contributed by atoms with Crippen LogP contribution in [0.25, 0.3) is 0 Å². The van der Waals surface area contributed by atoms with Crippen LogP contribution in [0.15, 0.2) is 0 Å². The first kappa shape index (κ1) is 17.9. The fourth-order valence-electron chi connectivity index (χ4n) is 1.81. The normalized spacial score (nSPS) is 12.2. The Balaban J connectivity index is 3.08. The summed E-state index contributed by atoms with van der Waals surface area (Å²) >= 11 is 0. The van der Waals surface area contributed by atoms with Gasteiger partial charge in [0.15, 0.2) is 0 Å². The van der Waals surface area contributed by atoms with Crippen molar-refractivity contribution in [3.8, 4) is 0 Å². The first-order chi connectivity index (χ1) is 8.42. The third-order valence-electron chi connectivity index (χ3n) is 2.80. The van der Waals surface area contributed by atoms with Gasteiger partial charge >= 0.3 is 10.4 Å². The van der Waals surface area contributed by atoms with Crippen molar-refractivity contribution < 1.29 is 17.2 Å². The zero-order valence-corrected chi connectivity index (χ0v) is 12.5. The summed E-state index contributed by atoms with van der Waals surface area (Å²) in [4.78, 5) is 0. The quantitative estimate of drug-likeness (QED) is 0.434. The molecule has 0 unspecified atom stereocenters. The summed E-state index contributed by atoms with van der Waals surface area (Å²) in [7, 11) is -4.24. The van der Waals surface area contributed by atoms with E-state index >= 15 is 0 Å². The van der Waals surface area contributed by atoms with Gasteiger partial charge in [0.2, 0.25) is 0 Å². The van der Waals surface area contributed by atoms with Gasteiger partial charge in [-0.05, 0) is 18.8 Å². The number of hydrogen-bond acceptors (Lipinski definition) is 3. The third-order valence-corrected chi connectivity index (χ3v) is 3.27. The number of unbranched alkanes of at least 4 members (excludes halogenated alkanes) is 7. The van der Waals surface area contributed by atoms with E-state index in [1.165, 1.54) is 44.4 Å². The van der Waals surface area contributed by atoms with Gasteiger partial charge in [-0.2, -0.15) is 8.42 Å². The molecule has 4 nitrogen and oxygen atoms in total. The van der Waals surface area contributed by atoms with Crippen molar-refractivity contribution in [1.29, 1.82) is 0 Å². The lowest BCUT2D eigenvalue weighted by Gasteiger charge is -2.04. The minimum Gasteiger partial charge on any atom is -0.264 e. The third kappa shape index (κ3) is 15.9. The molecule has 0 bridgehead atoms. The van der Waals surface area contributed by atoms with Crippen LogP contribution in [0.3, 0.4) is 0 Å². The minimum atomic E-state index is -4.24. The summed E-state index contributed by atoms with van der Waals surface area (Å²) in [5.74, 6) is 1.51. The Hall–Kier alpha value is -0.130. The van der Waals surface area contributed by atoms with Crippen LogP contribution in [-0.4, -0.2) is 19.6 Å². The molecule has 0 aliphatic heterocycles. The van der Waals surface area contributed by atoms with Crippen molar-refractivity contribution in [2.24, 2.45) is 0 Å². The van der Waals surface area contributed by atoms with Crippen LogP contribution in [0, 0.1) is 5.92 Å². The van der Waals surface area contributed by atoms with Crippen LogP contribution in [0.2, 0.25) is 0 Å². The van der Waals surface area contributed by atoms with E-state index in [-0.39, 0.29) is 6.61 Å². The van der Waals surface area contributed by atoms with Crippen molar-refractivity contribution in [2.75, 3.05) is 6.61 Å². The molecule has 0 aliphatic rings. The number of rotatable bonds is 12. The summed E-state index contributed by atoms with van der Waals surface area (Å²) in [6.45, 7) is 4.44. The smallest absolute Gasteiger partial charge is 0.264 e. The van der Waals surface area contributed by atoms with Crippen LogP contribution in [0.5, 0.6) is 0 Å². The Labute approximate surface area is 112 Å². The van der Waals surface area contributed by atoms with Crippen LogP contribution < -0.4 is 0 Å². The van der Waals surface area contributed by atoms with E-state index < -0.39 is 10.4 Å². The van der Waals surface area contributed by atoms with E-state index in [1.54, 1.807) is 0 Å². The molecule has 0 aliphatic carbocycles. The second-order valence-electron chi connectivity index (χ2n) is 5.04. The highest BCUT2D eigenvalue weighted by Gasteiger charge is 2.02. The molecule has 0 rings (SSSR count). The van der Waals surface area contributed by atoms with E-state index in [2.05, 4.69) is 18.0 Å². The average Bonchev–Trinajstić information content (AvgIpc) is 2.24. The lowest BCUT2D eigenvalue weighted by Crippen LogP contribution is -2.04. The summed E-state index contributed by atoms with van der Waals surface area (Å²) in [6.07, 6.45) is 10.3. The molecule has 0 atom stereocenters. The highest BCUT2D eigenvalue weighted by Crippen LogP contribution is 2.13. The first-order valence-electron chi connectivity index (χ1n) is 6.82. The van der Waals surface area contributed by atoms with Crippen LogP contribution >= 0.6 is 0 Å². The second-order valence-corrected chi connectivity index (χ2v) is 6.13. The SMILES string of the molecule is C[C](C)CCCCCCCCCCOS(=O)(=O)O. The molecule has 109 valence electrons. The monoisotopic (exact) mass is 279 g/mol. The molecule has 5 heteroatoms. The maximum atomic E-state index is 10.2. The zero-order valence-electron chi connectivity index (χ0n) is 11.7. The van der Waals surface area contributed by atoms with Crippen LogP contribution in [0.4, 0.5) is 0 Å². The van der Waals surface area contributed by atoms with Gasteiger partial charge in [0.1, 0.15) is 0 Å². The van der Waals surface area contributed by atoms with Gasteiger partial charge in [-0.3, -0.25) is 4.55 Å². The lowest BCUT2D eigenvalue weighted by molar-refractivity contribution is 0.261. The molecule has 18 heavy (non-hydrogen) atoms. The molecule has 0 saturated carbocycles. The molecule has 0 amide bonds. The maximum absolute atomic E-state index is 10.2. The van der Waals surface area contributed by atoms with Gasteiger partial charge in [0.05, 0.1) is 6.61 Å². The summed E-state index contributed by atoms with van der Waals surface area (Å²) in [5.41, 5.74) is 0. The Morgan fingerprint density at radius 2 is 1.33 bits per heavy atom. The largest absolute Gasteiger partial charge is 0.397 e. The predicted molar refractivity (Wildman–Crippen MR) is 73.6 cm³/mol. The van der Waals surface area contributed by atoms with Gasteiger partial charge in [0.25, 0.3) is 0 Å². The Morgan fingerprint density at radius 3 is 1.78 bits per heavy atom. The Kier molecular flexibility index (Phi) is 10.7. The molecule has 0 aromatic rings. The second kappa shape index (κ2) is 10.8. The highest BCUT2D eigenvalue weighted by atomic mass is 32.3. The maximum Gasteiger partial charge on any atom is 0.397 e. The summed E-state index contributed by atoms with van der Waals surface area (Å²) < 4.78 is 33.1. The van der Waals surface area contributed by atoms with E-state index in [9.17, 15) is 8.42 Å². The van der Waals surface area contributed by atoms with Crippen LogP contribution in [-0.2, 0) is 14.6 Å². The average molecular weight is 279 g/mol. The molecule has 0 heterocycles. The van der Waals surface area contributed by atoms with E-state index in [0.717, 1.165) is 12.8 Å². The van der Waals surface area contributed by atoms with Crippen molar-refractivity contribution in [3.63, 3.8) is 0 Å². The molecule has 0 aromatic heterocycles. The van der Waals surface area contributed by atoms with Gasteiger partial charge in [0, 0.05) is 0 Å². The first-order valence-corrected chi connectivity index (χ1v) is 8.19. The standard InChI is InChI=1S/C13H27O4S/c1-13(2)11-9-7-5-3-4-6-8-10-12-17-18(14,15)16/h3-12H2,1-2H3,(H,14,15,16). The fourth-order valence-corrected chi connectivity index (χ4v) is 2.13. The molecule has 1 N–H and O–H groups in total. The molecule has 0 spiro atoms. The zero-order chi connectivity index (χ0) is 13.9. The van der Waals surface area contributed by atoms with Gasteiger partial charge in [-0.15, -0.1) is 0 Å². The topological polar surface area (TPSA) is 63.6 Å². The van der Waals surface area contributed by atoms with Crippen LogP contribution in [0.1, 0.15) is 71.6 Å². The minimum absolute atomic E-state index is 0.0877. The van der Waals surface area contributed by atoms with E-state index in [4.69, 9.17) is 4.55 Å².